The molecule has 0 amide bonds. The predicted octanol–water partition coefficient (Wildman–Crippen LogP) is 3.57. The Morgan fingerprint density at radius 1 is 1.18 bits per heavy atom. The van der Waals surface area contributed by atoms with Crippen molar-refractivity contribution in [3.63, 3.8) is 0 Å². The molecule has 2 rings (SSSR count). The van der Waals surface area contributed by atoms with Gasteiger partial charge in [-0.3, -0.25) is 0 Å². The van der Waals surface area contributed by atoms with Crippen molar-refractivity contribution in [2.75, 3.05) is 0 Å². The van der Waals surface area contributed by atoms with E-state index in [2.05, 4.69) is 49.7 Å². The summed E-state index contributed by atoms with van der Waals surface area (Å²) in [6, 6.07) is 8.28. The van der Waals surface area contributed by atoms with Crippen LogP contribution in [0.3, 0.4) is 0 Å². The summed E-state index contributed by atoms with van der Waals surface area (Å²) >= 11 is 0. The van der Waals surface area contributed by atoms with Crippen LogP contribution in [0.25, 0.3) is 10.9 Å². The van der Waals surface area contributed by atoms with Crippen LogP contribution in [0.1, 0.15) is 32.8 Å². The Morgan fingerprint density at radius 3 is 2.59 bits per heavy atom. The molecule has 17 heavy (non-hydrogen) atoms. The Hall–Kier alpha value is -1.28. The molecule has 0 aliphatic rings. The van der Waals surface area contributed by atoms with Crippen LogP contribution in [-0.2, 0) is 13.2 Å². The van der Waals surface area contributed by atoms with Crippen molar-refractivity contribution < 1.29 is 5.11 Å². The minimum Gasteiger partial charge on any atom is -0.392 e. The van der Waals surface area contributed by atoms with Gasteiger partial charge in [0, 0.05) is 18.3 Å². The van der Waals surface area contributed by atoms with Crippen LogP contribution >= 0.6 is 0 Å². The SMILES string of the molecule is CC(C)(C)CCn1ccc2ccc(CO)cc21. The van der Waals surface area contributed by atoms with Crippen LogP contribution in [0.4, 0.5) is 0 Å². The van der Waals surface area contributed by atoms with E-state index in [-0.39, 0.29) is 6.61 Å². The van der Waals surface area contributed by atoms with Crippen LogP contribution in [0.5, 0.6) is 0 Å². The van der Waals surface area contributed by atoms with Crippen molar-refractivity contribution in [2.45, 2.75) is 40.3 Å². The number of nitrogens with zero attached hydrogens (tertiary/aromatic N) is 1. The molecule has 0 unspecified atom stereocenters. The van der Waals surface area contributed by atoms with Crippen LogP contribution < -0.4 is 0 Å². The van der Waals surface area contributed by atoms with E-state index in [1.54, 1.807) is 0 Å². The molecule has 0 bridgehead atoms. The fraction of sp³-hybridized carbons (Fsp3) is 0.467. The topological polar surface area (TPSA) is 25.2 Å². The minimum absolute atomic E-state index is 0.111. The number of aromatic nitrogens is 1. The molecular weight excluding hydrogens is 210 g/mol. The fourth-order valence-electron chi connectivity index (χ4n) is 1.98. The highest BCUT2D eigenvalue weighted by atomic mass is 16.3. The van der Waals surface area contributed by atoms with Crippen LogP contribution in [-0.4, -0.2) is 9.67 Å². The summed E-state index contributed by atoms with van der Waals surface area (Å²) in [6.45, 7) is 7.93. The average Bonchev–Trinajstić information content (AvgIpc) is 2.67. The highest BCUT2D eigenvalue weighted by Crippen LogP contribution is 2.23. The van der Waals surface area contributed by atoms with E-state index in [9.17, 15) is 5.11 Å². The third-order valence-corrected chi connectivity index (χ3v) is 3.12. The van der Waals surface area contributed by atoms with Crippen molar-refractivity contribution in [3.05, 3.63) is 36.0 Å². The van der Waals surface area contributed by atoms with Gasteiger partial charge in [0.05, 0.1) is 6.61 Å². The quantitative estimate of drug-likeness (QED) is 0.858. The molecule has 2 heteroatoms. The first kappa shape index (κ1) is 12.2. The molecule has 0 spiro atoms. The molecule has 0 aliphatic carbocycles. The summed E-state index contributed by atoms with van der Waals surface area (Å²) in [4.78, 5) is 0. The molecule has 0 saturated heterocycles. The van der Waals surface area contributed by atoms with Crippen molar-refractivity contribution in [2.24, 2.45) is 5.41 Å². The molecule has 0 atom stereocenters. The zero-order valence-corrected chi connectivity index (χ0v) is 10.9. The van der Waals surface area contributed by atoms with Gasteiger partial charge >= 0.3 is 0 Å². The Labute approximate surface area is 103 Å². The summed E-state index contributed by atoms with van der Waals surface area (Å²) in [7, 11) is 0. The van der Waals surface area contributed by atoms with E-state index in [1.165, 1.54) is 10.9 Å². The first-order chi connectivity index (χ1) is 7.99. The Kier molecular flexibility index (Phi) is 3.25. The molecule has 0 radical (unpaired) electrons. The molecule has 1 N–H and O–H groups in total. The van der Waals surface area contributed by atoms with Gasteiger partial charge in [0.2, 0.25) is 0 Å². The summed E-state index contributed by atoms with van der Waals surface area (Å²) < 4.78 is 2.28. The highest BCUT2D eigenvalue weighted by molar-refractivity contribution is 5.80. The Bertz CT molecular complexity index is 505. The molecule has 1 heterocycles. The van der Waals surface area contributed by atoms with Crippen molar-refractivity contribution in [1.29, 1.82) is 0 Å². The summed E-state index contributed by atoms with van der Waals surface area (Å²) in [6.07, 6.45) is 3.29. The number of aliphatic hydroxyl groups excluding tert-OH is 1. The molecule has 2 aromatic rings. The summed E-state index contributed by atoms with van der Waals surface area (Å²) in [5.74, 6) is 0. The number of benzene rings is 1. The van der Waals surface area contributed by atoms with Gasteiger partial charge in [-0.25, -0.2) is 0 Å². The minimum atomic E-state index is 0.111. The van der Waals surface area contributed by atoms with Crippen molar-refractivity contribution >= 4 is 10.9 Å². The molecular formula is C15H21NO. The molecule has 92 valence electrons. The molecule has 0 aliphatic heterocycles. The van der Waals surface area contributed by atoms with E-state index in [0.29, 0.717) is 5.41 Å². The second-order valence-corrected chi connectivity index (χ2v) is 5.87. The molecule has 1 aromatic heterocycles. The van der Waals surface area contributed by atoms with E-state index < -0.39 is 0 Å². The third-order valence-electron chi connectivity index (χ3n) is 3.12. The average molecular weight is 231 g/mol. The number of rotatable bonds is 3. The zero-order chi connectivity index (χ0) is 12.5. The third kappa shape index (κ3) is 2.89. The van der Waals surface area contributed by atoms with Gasteiger partial charge in [-0.2, -0.15) is 0 Å². The van der Waals surface area contributed by atoms with Crippen molar-refractivity contribution in [3.8, 4) is 0 Å². The van der Waals surface area contributed by atoms with Gasteiger partial charge in [0.1, 0.15) is 0 Å². The Balaban J connectivity index is 2.28. The van der Waals surface area contributed by atoms with Crippen LogP contribution in [0.15, 0.2) is 30.5 Å². The number of fused-ring (bicyclic) bond motifs is 1. The van der Waals surface area contributed by atoms with E-state index in [4.69, 9.17) is 0 Å². The standard InChI is InChI=1S/C15H21NO/c1-15(2,3)7-9-16-8-6-13-5-4-12(11-17)10-14(13)16/h4-6,8,10,17H,7,9,11H2,1-3H3. The normalized spacial score (nSPS) is 12.2. The predicted molar refractivity (Wildman–Crippen MR) is 71.9 cm³/mol. The second-order valence-electron chi connectivity index (χ2n) is 5.87. The Morgan fingerprint density at radius 2 is 1.94 bits per heavy atom. The van der Waals surface area contributed by atoms with Crippen molar-refractivity contribution in [1.82, 2.24) is 4.57 Å². The lowest BCUT2D eigenvalue weighted by atomic mass is 9.92. The van der Waals surface area contributed by atoms with Gasteiger partial charge in [-0.05, 0) is 34.9 Å². The van der Waals surface area contributed by atoms with Crippen LogP contribution in [0, 0.1) is 5.41 Å². The lowest BCUT2D eigenvalue weighted by Gasteiger charge is -2.18. The summed E-state index contributed by atoms with van der Waals surface area (Å²) in [5.41, 5.74) is 2.56. The monoisotopic (exact) mass is 231 g/mol. The van der Waals surface area contributed by atoms with E-state index >= 15 is 0 Å². The van der Waals surface area contributed by atoms with Gasteiger partial charge in [-0.1, -0.05) is 32.9 Å². The first-order valence-corrected chi connectivity index (χ1v) is 6.18. The fourth-order valence-corrected chi connectivity index (χ4v) is 1.98. The maximum absolute atomic E-state index is 9.18. The lowest BCUT2D eigenvalue weighted by molar-refractivity contribution is 0.282. The highest BCUT2D eigenvalue weighted by Gasteiger charge is 2.11. The maximum Gasteiger partial charge on any atom is 0.0682 e. The van der Waals surface area contributed by atoms with E-state index in [0.717, 1.165) is 18.5 Å². The number of aryl methyl sites for hydroxylation is 1. The second kappa shape index (κ2) is 4.53. The molecule has 1 aromatic carbocycles. The number of aliphatic hydroxyl groups is 1. The first-order valence-electron chi connectivity index (χ1n) is 6.18. The van der Waals surface area contributed by atoms with Gasteiger partial charge in [-0.15, -0.1) is 0 Å². The number of hydrogen-bond donors (Lipinski definition) is 1. The smallest absolute Gasteiger partial charge is 0.0682 e. The van der Waals surface area contributed by atoms with Gasteiger partial charge in [0.15, 0.2) is 0 Å². The lowest BCUT2D eigenvalue weighted by Crippen LogP contribution is -2.09. The van der Waals surface area contributed by atoms with E-state index in [1.807, 2.05) is 6.07 Å². The zero-order valence-electron chi connectivity index (χ0n) is 10.9. The maximum atomic E-state index is 9.18. The molecule has 2 nitrogen and oxygen atoms in total. The summed E-state index contributed by atoms with van der Waals surface area (Å²) in [5, 5.41) is 10.4. The molecule has 0 saturated carbocycles. The number of hydrogen-bond acceptors (Lipinski definition) is 1. The molecule has 0 fully saturated rings. The van der Waals surface area contributed by atoms with Gasteiger partial charge in [0.25, 0.3) is 0 Å². The largest absolute Gasteiger partial charge is 0.392 e. The van der Waals surface area contributed by atoms with Crippen LogP contribution in [0.2, 0.25) is 0 Å². The van der Waals surface area contributed by atoms with Gasteiger partial charge < -0.3 is 9.67 Å².